The molecule has 1 saturated carbocycles. The summed E-state index contributed by atoms with van der Waals surface area (Å²) in [6.07, 6.45) is 3.27. The molecule has 2 fully saturated rings. The minimum Gasteiger partial charge on any atom is -0.383 e. The summed E-state index contributed by atoms with van der Waals surface area (Å²) in [6, 6.07) is 11.8. The van der Waals surface area contributed by atoms with Crippen LogP contribution >= 0.6 is 0 Å². The largest absolute Gasteiger partial charge is 0.383 e. The van der Waals surface area contributed by atoms with E-state index in [1.807, 2.05) is 50.8 Å². The zero-order valence-electron chi connectivity index (χ0n) is 21.8. The molecule has 1 aliphatic carbocycles. The molecule has 1 atom stereocenters. The molecule has 3 amide bonds. The predicted molar refractivity (Wildman–Crippen MR) is 140 cm³/mol. The maximum Gasteiger partial charge on any atom is 0.313 e. The van der Waals surface area contributed by atoms with Crippen molar-refractivity contribution in [2.45, 2.75) is 60.4 Å². The van der Waals surface area contributed by atoms with E-state index in [0.29, 0.717) is 31.1 Å². The third-order valence-electron chi connectivity index (χ3n) is 6.20. The monoisotopic (exact) mass is 481 g/mol. The Labute approximate surface area is 208 Å². The van der Waals surface area contributed by atoms with Gasteiger partial charge in [0.25, 0.3) is 0 Å². The zero-order valence-corrected chi connectivity index (χ0v) is 21.8. The molecule has 2 aromatic rings. The van der Waals surface area contributed by atoms with Gasteiger partial charge in [-0.2, -0.15) is 0 Å². The maximum absolute atomic E-state index is 12.5. The van der Waals surface area contributed by atoms with Gasteiger partial charge in [-0.15, -0.1) is 0 Å². The van der Waals surface area contributed by atoms with E-state index < -0.39 is 11.8 Å². The number of nitrogens with two attached hydrogens (primary N) is 1. The van der Waals surface area contributed by atoms with Crippen LogP contribution in [0.3, 0.4) is 0 Å². The minimum absolute atomic E-state index is 0.106. The van der Waals surface area contributed by atoms with Crippen molar-refractivity contribution in [2.75, 3.05) is 30.7 Å². The summed E-state index contributed by atoms with van der Waals surface area (Å²) in [5, 5.41) is 2.56. The van der Waals surface area contributed by atoms with Gasteiger partial charge in [-0.3, -0.25) is 14.4 Å². The van der Waals surface area contributed by atoms with E-state index in [2.05, 4.69) is 29.4 Å². The van der Waals surface area contributed by atoms with Gasteiger partial charge in [-0.1, -0.05) is 56.7 Å². The molecule has 8 nitrogen and oxygen atoms in total. The molecular formula is C27H39N5O3. The smallest absolute Gasteiger partial charge is 0.313 e. The summed E-state index contributed by atoms with van der Waals surface area (Å²) in [4.78, 5) is 44.5. The molecule has 1 saturated heterocycles. The maximum atomic E-state index is 12.5. The van der Waals surface area contributed by atoms with Crippen molar-refractivity contribution in [1.29, 1.82) is 0 Å². The molecule has 1 aliphatic heterocycles. The summed E-state index contributed by atoms with van der Waals surface area (Å²) in [5.74, 6) is -0.772. The first-order valence-electron chi connectivity index (χ1n) is 12.3. The lowest BCUT2D eigenvalue weighted by atomic mass is 10.1. The van der Waals surface area contributed by atoms with E-state index >= 15 is 0 Å². The summed E-state index contributed by atoms with van der Waals surface area (Å²) in [6.45, 7) is 12.9. The average Bonchev–Trinajstić information content (AvgIpc) is 3.61. The third kappa shape index (κ3) is 7.53. The van der Waals surface area contributed by atoms with Crippen LogP contribution in [-0.4, -0.2) is 58.2 Å². The Morgan fingerprint density at radius 2 is 1.71 bits per heavy atom. The number of aryl methyl sites for hydroxylation is 2. The number of anilines is 2. The van der Waals surface area contributed by atoms with Gasteiger partial charge in [0.05, 0.1) is 11.9 Å². The summed E-state index contributed by atoms with van der Waals surface area (Å²) >= 11 is 0. The van der Waals surface area contributed by atoms with Gasteiger partial charge in [0, 0.05) is 31.1 Å². The number of nitrogen functional groups attached to an aromatic ring is 1. The molecule has 190 valence electrons. The number of aromatic nitrogens is 1. The number of amides is 3. The van der Waals surface area contributed by atoms with Gasteiger partial charge in [0.15, 0.2) is 0 Å². The molecular weight excluding hydrogens is 442 g/mol. The third-order valence-corrected chi connectivity index (χ3v) is 6.20. The van der Waals surface area contributed by atoms with Crippen LogP contribution in [0, 0.1) is 19.3 Å². The lowest BCUT2D eigenvalue weighted by molar-refractivity contribution is -0.149. The number of carbonyl (C=O) groups is 3. The van der Waals surface area contributed by atoms with E-state index in [4.69, 9.17) is 5.73 Å². The molecule has 8 heteroatoms. The number of hydrogen-bond acceptors (Lipinski definition) is 5. The molecule has 2 aliphatic rings. The number of nitrogens with one attached hydrogen (secondary N) is 1. The first-order chi connectivity index (χ1) is 16.6. The fourth-order valence-electron chi connectivity index (χ4n) is 3.71. The Morgan fingerprint density at radius 1 is 1.09 bits per heavy atom. The molecule has 3 N–H and O–H groups in total. The van der Waals surface area contributed by atoms with Gasteiger partial charge in [-0.05, 0) is 45.2 Å². The normalized spacial score (nSPS) is 17.7. The topological polar surface area (TPSA) is 109 Å². The lowest BCUT2D eigenvalue weighted by Gasteiger charge is -2.40. The molecule has 0 spiro atoms. The Hall–Kier alpha value is -3.42. The number of nitrogens with zero attached hydrogens (tertiary/aromatic N) is 3. The number of benzene rings is 1. The van der Waals surface area contributed by atoms with Crippen molar-refractivity contribution in [3.05, 3.63) is 53.7 Å². The molecule has 0 bridgehead atoms. The van der Waals surface area contributed by atoms with E-state index in [1.165, 1.54) is 16.7 Å². The quantitative estimate of drug-likeness (QED) is 0.635. The highest BCUT2D eigenvalue weighted by atomic mass is 16.2. The number of carbonyl (C=O) groups excluding carboxylic acids is 3. The molecule has 0 radical (unpaired) electrons. The first kappa shape index (κ1) is 27.8. The fourth-order valence-corrected chi connectivity index (χ4v) is 3.71. The summed E-state index contributed by atoms with van der Waals surface area (Å²) in [7, 11) is 0. The van der Waals surface area contributed by atoms with Crippen LogP contribution in [0.4, 0.5) is 11.5 Å². The van der Waals surface area contributed by atoms with Crippen molar-refractivity contribution in [2.24, 2.45) is 5.41 Å². The van der Waals surface area contributed by atoms with Crippen LogP contribution in [0.1, 0.15) is 51.7 Å². The van der Waals surface area contributed by atoms with Gasteiger partial charge >= 0.3 is 11.8 Å². The molecule has 1 unspecified atom stereocenters. The second-order valence-electron chi connectivity index (χ2n) is 9.19. The zero-order chi connectivity index (χ0) is 26.2. The first-order valence-corrected chi connectivity index (χ1v) is 12.3. The molecule has 1 aromatic heterocycles. The van der Waals surface area contributed by atoms with Gasteiger partial charge in [0.2, 0.25) is 5.91 Å². The highest BCUT2D eigenvalue weighted by Crippen LogP contribution is 2.47. The highest BCUT2D eigenvalue weighted by molar-refractivity contribution is 6.39. The molecule has 2 heterocycles. The molecule has 35 heavy (non-hydrogen) atoms. The van der Waals surface area contributed by atoms with Gasteiger partial charge < -0.3 is 20.9 Å². The van der Waals surface area contributed by atoms with Crippen LogP contribution in [0.2, 0.25) is 0 Å². The molecule has 4 rings (SSSR count). The van der Waals surface area contributed by atoms with Crippen LogP contribution in [0.25, 0.3) is 0 Å². The van der Waals surface area contributed by atoms with E-state index in [-0.39, 0.29) is 17.4 Å². The Bertz CT molecular complexity index is 1020. The minimum atomic E-state index is -0.711. The summed E-state index contributed by atoms with van der Waals surface area (Å²) < 4.78 is 0. The van der Waals surface area contributed by atoms with Crippen molar-refractivity contribution in [3.8, 4) is 0 Å². The molecule has 1 aromatic carbocycles. The van der Waals surface area contributed by atoms with E-state index in [1.54, 1.807) is 13.0 Å². The van der Waals surface area contributed by atoms with Crippen molar-refractivity contribution in [1.82, 2.24) is 14.8 Å². The van der Waals surface area contributed by atoms with Crippen LogP contribution < -0.4 is 11.1 Å². The summed E-state index contributed by atoms with van der Waals surface area (Å²) in [5.41, 5.74) is 7.91. The Balaban J connectivity index is 0.000000407. The Morgan fingerprint density at radius 3 is 2.20 bits per heavy atom. The standard InChI is InChI=1S/C18H25N5O3.C7H8.C2H6/c1-11-8-13(9-20-14(11)19)21-15(24)16(25)22-6-7-23(12(2)10-22)17(26)18(3)4-5-18;1-7-5-3-2-4-6-7;1-2/h8-9,12H,4-7,10H2,1-3H3,(H2,19,20)(H,21,24);2-6H,1H3;1-2H3. The van der Waals surface area contributed by atoms with Crippen LogP contribution in [-0.2, 0) is 14.4 Å². The van der Waals surface area contributed by atoms with Crippen molar-refractivity contribution in [3.63, 3.8) is 0 Å². The van der Waals surface area contributed by atoms with Crippen molar-refractivity contribution < 1.29 is 14.4 Å². The number of hydrogen-bond donors (Lipinski definition) is 2. The fraction of sp³-hybridized carbons (Fsp3) is 0.481. The van der Waals surface area contributed by atoms with Crippen LogP contribution in [0.5, 0.6) is 0 Å². The van der Waals surface area contributed by atoms with Crippen LogP contribution in [0.15, 0.2) is 42.6 Å². The predicted octanol–water partition coefficient (Wildman–Crippen LogP) is 3.79. The second-order valence-corrected chi connectivity index (χ2v) is 9.19. The number of rotatable bonds is 2. The lowest BCUT2D eigenvalue weighted by Crippen LogP contribution is -2.58. The van der Waals surface area contributed by atoms with E-state index in [9.17, 15) is 14.4 Å². The van der Waals surface area contributed by atoms with E-state index in [0.717, 1.165) is 18.4 Å². The van der Waals surface area contributed by atoms with Gasteiger partial charge in [0.1, 0.15) is 5.82 Å². The second kappa shape index (κ2) is 12.3. The highest BCUT2D eigenvalue weighted by Gasteiger charge is 2.48. The average molecular weight is 482 g/mol. The Kier molecular flexibility index (Phi) is 9.80. The van der Waals surface area contributed by atoms with Gasteiger partial charge in [-0.25, -0.2) is 4.98 Å². The van der Waals surface area contributed by atoms with Crippen molar-refractivity contribution >= 4 is 29.2 Å². The number of pyridine rings is 1. The number of piperazine rings is 1. The SMILES string of the molecule is CC.Cc1cc(NC(=O)C(=O)N2CCN(C(=O)C3(C)CC3)C(C)C2)cnc1N.Cc1ccccc1.